The van der Waals surface area contributed by atoms with Gasteiger partial charge >= 0.3 is 0 Å². The Labute approximate surface area is 144 Å². The molecular weight excluding hydrogens is 323 g/mol. The van der Waals surface area contributed by atoms with E-state index in [9.17, 15) is 14.0 Å². The molecule has 3 rings (SSSR count). The maximum Gasteiger partial charge on any atom is 0.276 e. The molecule has 6 nitrogen and oxygen atoms in total. The Morgan fingerprint density at radius 1 is 1.44 bits per heavy atom. The van der Waals surface area contributed by atoms with E-state index in [4.69, 9.17) is 5.73 Å². The number of carbonyl (C=O) groups is 1. The van der Waals surface area contributed by atoms with Gasteiger partial charge in [0.2, 0.25) is 5.43 Å². The number of aromatic nitrogens is 2. The van der Waals surface area contributed by atoms with Crippen molar-refractivity contribution >= 4 is 5.91 Å². The lowest BCUT2D eigenvalue weighted by atomic mass is 9.96. The third-order valence-corrected chi connectivity index (χ3v) is 4.70. The van der Waals surface area contributed by atoms with Crippen molar-refractivity contribution in [2.45, 2.75) is 32.2 Å². The number of nitrogens with two attached hydrogens (primary N) is 1. The number of carbonyl (C=O) groups excluding carboxylic acids is 1. The second-order valence-electron chi connectivity index (χ2n) is 6.71. The Kier molecular flexibility index (Phi) is 4.43. The number of halogens is 1. The molecule has 0 spiro atoms. The molecule has 1 atom stereocenters. The number of hydrogen-bond acceptors (Lipinski definition) is 4. The minimum Gasteiger partial charge on any atom is -0.344 e. The highest BCUT2D eigenvalue weighted by Gasteiger charge is 2.42. The number of hydrogen-bond donors (Lipinski definition) is 2. The Balaban J connectivity index is 1.99. The van der Waals surface area contributed by atoms with E-state index < -0.39 is 22.7 Å². The molecule has 1 fully saturated rings. The highest BCUT2D eigenvalue weighted by Crippen LogP contribution is 2.39. The van der Waals surface area contributed by atoms with Crippen LogP contribution < -0.4 is 16.5 Å². The van der Waals surface area contributed by atoms with Gasteiger partial charge in [0.15, 0.2) is 5.69 Å². The molecule has 25 heavy (non-hydrogen) atoms. The molecule has 0 radical (unpaired) electrons. The van der Waals surface area contributed by atoms with E-state index in [1.807, 2.05) is 6.92 Å². The first-order chi connectivity index (χ1) is 11.9. The second-order valence-corrected chi connectivity index (χ2v) is 6.71. The minimum absolute atomic E-state index is 0.179. The Morgan fingerprint density at radius 2 is 2.12 bits per heavy atom. The van der Waals surface area contributed by atoms with Crippen LogP contribution in [0.3, 0.4) is 0 Å². The van der Waals surface area contributed by atoms with Crippen LogP contribution in [0.1, 0.15) is 35.9 Å². The molecule has 0 aliphatic heterocycles. The first-order valence-electron chi connectivity index (χ1n) is 8.24. The van der Waals surface area contributed by atoms with E-state index in [1.54, 1.807) is 19.1 Å². The normalized spacial score (nSPS) is 16.3. The summed E-state index contributed by atoms with van der Waals surface area (Å²) in [5.74, 6) is -0.770. The van der Waals surface area contributed by atoms with E-state index in [2.05, 4.69) is 10.4 Å². The van der Waals surface area contributed by atoms with E-state index in [0.29, 0.717) is 11.6 Å². The van der Waals surface area contributed by atoms with Crippen LogP contribution in [0.4, 0.5) is 4.39 Å². The molecule has 0 bridgehead atoms. The summed E-state index contributed by atoms with van der Waals surface area (Å²) in [6, 6.07) is 7.34. The standard InChI is InChI=1S/C18H21FN4O2/c1-11-9-15(24)16(17(25)21-18(2,10-20)12-7-8-12)22-23(11)14-6-4-3-5-13(14)19/h3-6,9,12H,7-8,10,20H2,1-2H3,(H,21,25). The molecule has 1 aromatic heterocycles. The third kappa shape index (κ3) is 3.32. The molecule has 1 amide bonds. The average Bonchev–Trinajstić information content (AvgIpc) is 3.41. The number of aryl methyl sites for hydroxylation is 1. The Morgan fingerprint density at radius 3 is 2.72 bits per heavy atom. The van der Waals surface area contributed by atoms with Crippen molar-refractivity contribution in [3.8, 4) is 5.69 Å². The van der Waals surface area contributed by atoms with E-state index in [0.717, 1.165) is 12.8 Å². The first-order valence-corrected chi connectivity index (χ1v) is 8.24. The molecule has 132 valence electrons. The summed E-state index contributed by atoms with van der Waals surface area (Å²) in [5, 5.41) is 6.95. The van der Waals surface area contributed by atoms with Gasteiger partial charge in [-0.05, 0) is 44.7 Å². The Bertz CT molecular complexity index is 876. The Hall–Kier alpha value is -2.54. The van der Waals surface area contributed by atoms with Crippen LogP contribution in [-0.2, 0) is 0 Å². The van der Waals surface area contributed by atoms with Gasteiger partial charge in [-0.1, -0.05) is 12.1 Å². The predicted octanol–water partition coefficient (Wildman–Crippen LogP) is 1.54. The van der Waals surface area contributed by atoms with Crippen LogP contribution in [0.25, 0.3) is 5.69 Å². The zero-order valence-corrected chi connectivity index (χ0v) is 14.3. The highest BCUT2D eigenvalue weighted by molar-refractivity contribution is 5.92. The fourth-order valence-electron chi connectivity index (χ4n) is 2.93. The molecule has 1 saturated carbocycles. The lowest BCUT2D eigenvalue weighted by Gasteiger charge is -2.29. The fourth-order valence-corrected chi connectivity index (χ4v) is 2.93. The second kappa shape index (κ2) is 6.40. The molecule has 1 aliphatic carbocycles. The number of para-hydroxylation sites is 1. The molecular formula is C18H21FN4O2. The van der Waals surface area contributed by atoms with Crippen LogP contribution in [0.2, 0.25) is 0 Å². The lowest BCUT2D eigenvalue weighted by molar-refractivity contribution is 0.0889. The van der Waals surface area contributed by atoms with Gasteiger partial charge in [-0.3, -0.25) is 9.59 Å². The smallest absolute Gasteiger partial charge is 0.276 e. The third-order valence-electron chi connectivity index (χ3n) is 4.70. The van der Waals surface area contributed by atoms with Crippen molar-refractivity contribution in [1.29, 1.82) is 0 Å². The van der Waals surface area contributed by atoms with Crippen molar-refractivity contribution in [3.63, 3.8) is 0 Å². The topological polar surface area (TPSA) is 90.0 Å². The average molecular weight is 344 g/mol. The summed E-state index contributed by atoms with van der Waals surface area (Å²) in [5.41, 5.74) is 5.09. The van der Waals surface area contributed by atoms with Crippen LogP contribution in [-0.4, -0.2) is 27.8 Å². The number of amides is 1. The maximum absolute atomic E-state index is 14.1. The quantitative estimate of drug-likeness (QED) is 0.861. The van der Waals surface area contributed by atoms with Crippen LogP contribution in [0.5, 0.6) is 0 Å². The summed E-state index contributed by atoms with van der Waals surface area (Å²) in [7, 11) is 0. The van der Waals surface area contributed by atoms with Crippen LogP contribution in [0.15, 0.2) is 35.1 Å². The molecule has 1 aliphatic rings. The molecule has 0 saturated heterocycles. The zero-order chi connectivity index (χ0) is 18.2. The lowest BCUT2D eigenvalue weighted by Crippen LogP contribution is -2.54. The fraction of sp³-hybridized carbons (Fsp3) is 0.389. The summed E-state index contributed by atoms with van der Waals surface area (Å²) in [4.78, 5) is 24.9. The van der Waals surface area contributed by atoms with Gasteiger partial charge in [-0.15, -0.1) is 0 Å². The largest absolute Gasteiger partial charge is 0.344 e. The van der Waals surface area contributed by atoms with Gasteiger partial charge < -0.3 is 11.1 Å². The van der Waals surface area contributed by atoms with E-state index in [-0.39, 0.29) is 17.9 Å². The van der Waals surface area contributed by atoms with Gasteiger partial charge in [0, 0.05) is 18.3 Å². The summed E-state index contributed by atoms with van der Waals surface area (Å²) in [6.07, 6.45) is 1.99. The highest BCUT2D eigenvalue weighted by atomic mass is 19.1. The molecule has 1 heterocycles. The van der Waals surface area contributed by atoms with Crippen molar-refractivity contribution in [1.82, 2.24) is 15.1 Å². The zero-order valence-electron chi connectivity index (χ0n) is 14.3. The van der Waals surface area contributed by atoms with Gasteiger partial charge in [0.1, 0.15) is 11.5 Å². The number of nitrogens with zero attached hydrogens (tertiary/aromatic N) is 2. The molecule has 7 heteroatoms. The molecule has 2 aromatic rings. The van der Waals surface area contributed by atoms with Crippen LogP contribution in [0, 0.1) is 18.7 Å². The van der Waals surface area contributed by atoms with Crippen LogP contribution >= 0.6 is 0 Å². The van der Waals surface area contributed by atoms with Gasteiger partial charge in [-0.2, -0.15) is 5.10 Å². The van der Waals surface area contributed by atoms with Crippen molar-refractivity contribution < 1.29 is 9.18 Å². The summed E-state index contributed by atoms with van der Waals surface area (Å²) in [6.45, 7) is 3.78. The number of nitrogens with one attached hydrogen (secondary N) is 1. The number of rotatable bonds is 5. The van der Waals surface area contributed by atoms with Crippen molar-refractivity contribution in [2.75, 3.05) is 6.54 Å². The molecule has 3 N–H and O–H groups in total. The van der Waals surface area contributed by atoms with Crippen molar-refractivity contribution in [2.24, 2.45) is 11.7 Å². The molecule has 1 unspecified atom stereocenters. The monoisotopic (exact) mass is 344 g/mol. The van der Waals surface area contributed by atoms with Gasteiger partial charge in [0.25, 0.3) is 5.91 Å². The predicted molar refractivity (Wildman–Crippen MR) is 92.2 cm³/mol. The SMILES string of the molecule is Cc1cc(=O)c(C(=O)NC(C)(CN)C2CC2)nn1-c1ccccc1F. The van der Waals surface area contributed by atoms with Gasteiger partial charge in [-0.25, -0.2) is 9.07 Å². The summed E-state index contributed by atoms with van der Waals surface area (Å²) < 4.78 is 15.3. The number of benzene rings is 1. The van der Waals surface area contributed by atoms with E-state index >= 15 is 0 Å². The first kappa shape index (κ1) is 17.3. The van der Waals surface area contributed by atoms with Gasteiger partial charge in [0.05, 0.1) is 5.54 Å². The van der Waals surface area contributed by atoms with E-state index in [1.165, 1.54) is 22.9 Å². The maximum atomic E-state index is 14.1. The summed E-state index contributed by atoms with van der Waals surface area (Å²) >= 11 is 0. The minimum atomic E-state index is -0.588. The van der Waals surface area contributed by atoms with Crippen molar-refractivity contribution in [3.05, 3.63) is 57.8 Å². The molecule has 1 aromatic carbocycles.